The Morgan fingerprint density at radius 2 is 1.33 bits per heavy atom. The van der Waals surface area contributed by atoms with Crippen LogP contribution in [0.4, 0.5) is 0 Å². The van der Waals surface area contributed by atoms with Crippen LogP contribution in [0.1, 0.15) is 25.0 Å². The Kier molecular flexibility index (Phi) is 11.2. The molecule has 7 heteroatoms. The van der Waals surface area contributed by atoms with Gasteiger partial charge < -0.3 is 24.1 Å². The first-order chi connectivity index (χ1) is 14.5. The zero-order valence-electron chi connectivity index (χ0n) is 17.7. The number of hydrogen-bond donors (Lipinski definition) is 1. The summed E-state index contributed by atoms with van der Waals surface area (Å²) in [6.07, 6.45) is 1.07. The van der Waals surface area contributed by atoms with Gasteiger partial charge in [-0.3, -0.25) is 4.79 Å². The van der Waals surface area contributed by atoms with Crippen molar-refractivity contribution in [2.45, 2.75) is 20.3 Å². The predicted octanol–water partition coefficient (Wildman–Crippen LogP) is 3.96. The van der Waals surface area contributed by atoms with Gasteiger partial charge in [-0.1, -0.05) is 24.3 Å². The minimum atomic E-state index is -0.546. The summed E-state index contributed by atoms with van der Waals surface area (Å²) in [7, 11) is 3.17. The van der Waals surface area contributed by atoms with Crippen LogP contribution < -0.4 is 9.47 Å². The third-order valence-electron chi connectivity index (χ3n) is 3.84. The molecule has 0 bridgehead atoms. The number of methoxy groups -OCH3 is 2. The fraction of sp³-hybridized carbons (Fsp3) is 0.304. The maximum atomic E-state index is 11.4. The first kappa shape index (κ1) is 24.6. The quantitative estimate of drug-likeness (QED) is 0.396. The second-order valence-corrected chi connectivity index (χ2v) is 5.82. The van der Waals surface area contributed by atoms with Crippen LogP contribution in [-0.4, -0.2) is 44.5 Å². The minimum Gasteiger partial charge on any atom is -0.515 e. The average molecular weight is 416 g/mol. The molecule has 30 heavy (non-hydrogen) atoms. The van der Waals surface area contributed by atoms with Crippen LogP contribution in [0.3, 0.4) is 0 Å². The highest BCUT2D eigenvalue weighted by molar-refractivity contribution is 6.16. The molecule has 0 aromatic heterocycles. The molecule has 0 aliphatic rings. The lowest BCUT2D eigenvalue weighted by Crippen LogP contribution is -2.07. The van der Waals surface area contributed by atoms with Crippen LogP contribution in [-0.2, 0) is 25.5 Å². The largest absolute Gasteiger partial charge is 0.515 e. The van der Waals surface area contributed by atoms with Crippen molar-refractivity contribution in [3.8, 4) is 11.5 Å². The van der Waals surface area contributed by atoms with E-state index in [1.54, 1.807) is 52.3 Å². The van der Waals surface area contributed by atoms with Gasteiger partial charge in [0, 0.05) is 0 Å². The molecule has 1 N–H and O–H groups in total. The Labute approximate surface area is 176 Å². The summed E-state index contributed by atoms with van der Waals surface area (Å²) < 4.78 is 19.6. The zero-order valence-corrected chi connectivity index (χ0v) is 17.7. The second kappa shape index (κ2) is 13.7. The number of ether oxygens (including phenoxy) is 4. The fourth-order valence-corrected chi connectivity index (χ4v) is 2.35. The standard InChI is InChI=1S/C12H14O4.C11H14O3/c1-3-16-12(14)11(8-13)9-4-6-10(15-2)7-5-9;1-3-14-11(12)8-9-4-6-10(13-2)7-5-9/h4-8,13H,3H2,1-2H3;4-7H,3,8H2,1-2H3. The first-order valence-electron chi connectivity index (χ1n) is 9.43. The minimum absolute atomic E-state index is 0.129. The van der Waals surface area contributed by atoms with Gasteiger partial charge in [0.2, 0.25) is 0 Å². The molecule has 0 spiro atoms. The summed E-state index contributed by atoms with van der Waals surface area (Å²) in [5.41, 5.74) is 1.65. The molecule has 0 radical (unpaired) electrons. The van der Waals surface area contributed by atoms with Gasteiger partial charge in [-0.25, -0.2) is 4.79 Å². The molecule has 0 aliphatic carbocycles. The van der Waals surface area contributed by atoms with E-state index in [9.17, 15) is 9.59 Å². The second-order valence-electron chi connectivity index (χ2n) is 5.82. The normalized spacial score (nSPS) is 10.3. The molecule has 0 atom stereocenters. The van der Waals surface area contributed by atoms with E-state index >= 15 is 0 Å². The van der Waals surface area contributed by atoms with Gasteiger partial charge in [0.25, 0.3) is 0 Å². The molecule has 0 unspecified atom stereocenters. The highest BCUT2D eigenvalue weighted by Crippen LogP contribution is 2.19. The SMILES string of the molecule is CCOC(=O)C(=CO)c1ccc(OC)cc1.CCOC(=O)Cc1ccc(OC)cc1. The van der Waals surface area contributed by atoms with Crippen molar-refractivity contribution in [1.29, 1.82) is 0 Å². The molecular weight excluding hydrogens is 388 g/mol. The van der Waals surface area contributed by atoms with Crippen molar-refractivity contribution in [2.75, 3.05) is 27.4 Å². The summed E-state index contributed by atoms with van der Waals surface area (Å²) in [6, 6.07) is 14.1. The Bertz CT molecular complexity index is 808. The molecule has 0 saturated heterocycles. The molecule has 2 aromatic rings. The smallest absolute Gasteiger partial charge is 0.341 e. The van der Waals surface area contributed by atoms with Gasteiger partial charge >= 0.3 is 11.9 Å². The van der Waals surface area contributed by atoms with Crippen LogP contribution in [0.2, 0.25) is 0 Å². The van der Waals surface area contributed by atoms with Crippen molar-refractivity contribution in [3.05, 3.63) is 65.9 Å². The van der Waals surface area contributed by atoms with E-state index in [4.69, 9.17) is 24.1 Å². The van der Waals surface area contributed by atoms with Crippen molar-refractivity contribution in [3.63, 3.8) is 0 Å². The van der Waals surface area contributed by atoms with Crippen LogP contribution in [0.15, 0.2) is 54.8 Å². The van der Waals surface area contributed by atoms with Crippen LogP contribution in [0.25, 0.3) is 5.57 Å². The summed E-state index contributed by atoms with van der Waals surface area (Å²) >= 11 is 0. The first-order valence-corrected chi connectivity index (χ1v) is 9.43. The van der Waals surface area contributed by atoms with E-state index in [2.05, 4.69) is 0 Å². The van der Waals surface area contributed by atoms with Gasteiger partial charge in [0.15, 0.2) is 0 Å². The topological polar surface area (TPSA) is 91.3 Å². The van der Waals surface area contributed by atoms with E-state index in [1.165, 1.54) is 0 Å². The summed E-state index contributed by atoms with van der Waals surface area (Å²) in [4.78, 5) is 22.6. The van der Waals surface area contributed by atoms with E-state index in [1.807, 2.05) is 24.3 Å². The number of aliphatic hydroxyl groups is 1. The van der Waals surface area contributed by atoms with Gasteiger partial charge in [-0.05, 0) is 49.2 Å². The number of carbonyl (C=O) groups excluding carboxylic acids is 2. The molecule has 0 fully saturated rings. The Morgan fingerprint density at radius 3 is 1.77 bits per heavy atom. The molecule has 0 aliphatic heterocycles. The van der Waals surface area contributed by atoms with E-state index in [0.717, 1.165) is 17.6 Å². The molecule has 162 valence electrons. The van der Waals surface area contributed by atoms with E-state index in [-0.39, 0.29) is 18.1 Å². The molecule has 7 nitrogen and oxygen atoms in total. The number of esters is 2. The molecular formula is C23H28O7. The van der Waals surface area contributed by atoms with Crippen LogP contribution in [0, 0.1) is 0 Å². The number of carbonyl (C=O) groups is 2. The average Bonchev–Trinajstić information content (AvgIpc) is 2.76. The monoisotopic (exact) mass is 416 g/mol. The lowest BCUT2D eigenvalue weighted by Gasteiger charge is -2.06. The van der Waals surface area contributed by atoms with Gasteiger partial charge in [0.05, 0.1) is 40.1 Å². The number of hydrogen-bond acceptors (Lipinski definition) is 7. The number of benzene rings is 2. The lowest BCUT2D eigenvalue weighted by atomic mass is 10.1. The van der Waals surface area contributed by atoms with Crippen molar-refractivity contribution in [1.82, 2.24) is 0 Å². The van der Waals surface area contributed by atoms with Crippen LogP contribution >= 0.6 is 0 Å². The van der Waals surface area contributed by atoms with Crippen molar-refractivity contribution in [2.24, 2.45) is 0 Å². The van der Waals surface area contributed by atoms with Crippen LogP contribution in [0.5, 0.6) is 11.5 Å². The van der Waals surface area contributed by atoms with Gasteiger partial charge in [-0.15, -0.1) is 0 Å². The molecule has 0 saturated carbocycles. The third kappa shape index (κ3) is 8.26. The molecule has 2 rings (SSSR count). The zero-order chi connectivity index (χ0) is 22.4. The molecule has 0 amide bonds. The maximum Gasteiger partial charge on any atom is 0.341 e. The van der Waals surface area contributed by atoms with E-state index < -0.39 is 5.97 Å². The Balaban J connectivity index is 0.000000303. The Morgan fingerprint density at radius 1 is 0.833 bits per heavy atom. The highest BCUT2D eigenvalue weighted by Gasteiger charge is 2.13. The predicted molar refractivity (Wildman–Crippen MR) is 114 cm³/mol. The Hall–Kier alpha value is -3.48. The third-order valence-corrected chi connectivity index (χ3v) is 3.84. The number of aliphatic hydroxyl groups excluding tert-OH is 1. The van der Waals surface area contributed by atoms with Gasteiger partial charge in [0.1, 0.15) is 17.1 Å². The summed E-state index contributed by atoms with van der Waals surface area (Å²) in [5.74, 6) is 0.732. The lowest BCUT2D eigenvalue weighted by molar-refractivity contribution is -0.142. The van der Waals surface area contributed by atoms with E-state index in [0.29, 0.717) is 24.3 Å². The highest BCUT2D eigenvalue weighted by atomic mass is 16.5. The number of rotatable bonds is 8. The maximum absolute atomic E-state index is 11.4. The molecule has 2 aromatic carbocycles. The van der Waals surface area contributed by atoms with Gasteiger partial charge in [-0.2, -0.15) is 0 Å². The fourth-order valence-electron chi connectivity index (χ4n) is 2.35. The summed E-state index contributed by atoms with van der Waals surface area (Å²) in [5, 5.41) is 9.01. The summed E-state index contributed by atoms with van der Waals surface area (Å²) in [6.45, 7) is 4.20. The van der Waals surface area contributed by atoms with Crippen molar-refractivity contribution >= 4 is 17.5 Å². The van der Waals surface area contributed by atoms with Crippen molar-refractivity contribution < 1.29 is 33.6 Å². The molecule has 0 heterocycles.